The van der Waals surface area contributed by atoms with Crippen LogP contribution in [-0.4, -0.2) is 35.6 Å². The van der Waals surface area contributed by atoms with Gasteiger partial charge in [0.25, 0.3) is 5.91 Å². The number of likely N-dealkylation sites (N-methyl/N-ethyl adjacent to an activating group) is 1. The van der Waals surface area contributed by atoms with Crippen molar-refractivity contribution in [3.8, 4) is 5.75 Å². The average molecular weight is 491 g/mol. The summed E-state index contributed by atoms with van der Waals surface area (Å²) in [6.07, 6.45) is 1.80. The lowest BCUT2D eigenvalue weighted by Gasteiger charge is -2.07. The van der Waals surface area contributed by atoms with Gasteiger partial charge < -0.3 is 9.47 Å². The van der Waals surface area contributed by atoms with Crippen molar-refractivity contribution in [1.82, 2.24) is 4.90 Å². The predicted octanol–water partition coefficient (Wildman–Crippen LogP) is 5.82. The first-order valence-corrected chi connectivity index (χ1v) is 11.8. The van der Waals surface area contributed by atoms with Crippen molar-refractivity contribution in [3.05, 3.63) is 100 Å². The monoisotopic (exact) mass is 490 g/mol. The number of esters is 1. The van der Waals surface area contributed by atoms with E-state index in [1.54, 1.807) is 68.6 Å². The van der Waals surface area contributed by atoms with Gasteiger partial charge in [-0.15, -0.1) is 0 Å². The zero-order chi connectivity index (χ0) is 24.8. The van der Waals surface area contributed by atoms with Crippen LogP contribution < -0.4 is 4.74 Å². The van der Waals surface area contributed by atoms with E-state index in [0.717, 1.165) is 11.1 Å². The largest absolute Gasteiger partial charge is 0.489 e. The summed E-state index contributed by atoms with van der Waals surface area (Å²) in [4.78, 5) is 31.1. The van der Waals surface area contributed by atoms with Gasteiger partial charge in [0.05, 0.1) is 22.8 Å². The van der Waals surface area contributed by atoms with E-state index in [-0.39, 0.29) is 24.3 Å². The molecule has 4 rings (SSSR count). The molecule has 0 N–H and O–H groups in total. The first-order valence-electron chi connectivity index (χ1n) is 10.9. The summed E-state index contributed by atoms with van der Waals surface area (Å²) >= 11 is 1.28. The number of carbonyl (C=O) groups is 2. The van der Waals surface area contributed by atoms with E-state index < -0.39 is 0 Å². The van der Waals surface area contributed by atoms with Gasteiger partial charge in [0, 0.05) is 7.05 Å². The summed E-state index contributed by atoms with van der Waals surface area (Å²) < 4.78 is 24.0. The molecular formula is C27H23FN2O4S. The maximum Gasteiger partial charge on any atom is 0.338 e. The summed E-state index contributed by atoms with van der Waals surface area (Å²) in [6, 6.07) is 20.3. The lowest BCUT2D eigenvalue weighted by Crippen LogP contribution is -2.23. The Kier molecular flexibility index (Phi) is 7.62. The van der Waals surface area contributed by atoms with E-state index in [1.165, 1.54) is 28.8 Å². The van der Waals surface area contributed by atoms with Crippen molar-refractivity contribution in [2.75, 3.05) is 13.7 Å². The normalized spacial score (nSPS) is 15.6. The fourth-order valence-electron chi connectivity index (χ4n) is 3.25. The number of aliphatic imine (C=N–C) groups is 1. The number of thioether (sulfide) groups is 1. The molecule has 35 heavy (non-hydrogen) atoms. The molecule has 1 fully saturated rings. The van der Waals surface area contributed by atoms with E-state index in [9.17, 15) is 14.0 Å². The number of amidine groups is 1. The van der Waals surface area contributed by atoms with Crippen LogP contribution in [0.1, 0.15) is 28.4 Å². The maximum atomic E-state index is 13.3. The number of carbonyl (C=O) groups excluding carboxylic acids is 2. The molecule has 0 unspecified atom stereocenters. The van der Waals surface area contributed by atoms with Crippen molar-refractivity contribution >= 4 is 40.6 Å². The molecule has 0 saturated carbocycles. The fourth-order valence-corrected chi connectivity index (χ4v) is 4.24. The number of nitrogens with zero attached hydrogens (tertiary/aromatic N) is 2. The second-order valence-electron chi connectivity index (χ2n) is 7.62. The van der Waals surface area contributed by atoms with Crippen molar-refractivity contribution < 1.29 is 23.5 Å². The van der Waals surface area contributed by atoms with E-state index in [2.05, 4.69) is 4.99 Å². The molecule has 0 aliphatic carbocycles. The molecule has 0 atom stereocenters. The lowest BCUT2D eigenvalue weighted by atomic mass is 10.2. The Balaban J connectivity index is 1.42. The minimum atomic E-state index is -0.384. The Morgan fingerprint density at radius 2 is 1.83 bits per heavy atom. The second kappa shape index (κ2) is 11.0. The molecule has 0 aromatic heterocycles. The van der Waals surface area contributed by atoms with E-state index in [4.69, 9.17) is 9.47 Å². The average Bonchev–Trinajstić information content (AvgIpc) is 3.12. The third-order valence-corrected chi connectivity index (χ3v) is 6.14. The maximum absolute atomic E-state index is 13.3. The van der Waals surface area contributed by atoms with Crippen LogP contribution in [0, 0.1) is 5.82 Å². The van der Waals surface area contributed by atoms with Crippen LogP contribution in [0.25, 0.3) is 6.08 Å². The molecule has 6 nitrogen and oxygen atoms in total. The molecule has 3 aromatic carbocycles. The fraction of sp³-hybridized carbons (Fsp3) is 0.148. The van der Waals surface area contributed by atoms with Crippen LogP contribution in [0.2, 0.25) is 0 Å². The first-order chi connectivity index (χ1) is 16.9. The zero-order valence-corrected chi connectivity index (χ0v) is 20.0. The minimum absolute atomic E-state index is 0.150. The van der Waals surface area contributed by atoms with Gasteiger partial charge in [-0.2, -0.15) is 0 Å². The van der Waals surface area contributed by atoms with E-state index in [1.807, 2.05) is 12.1 Å². The predicted molar refractivity (Wildman–Crippen MR) is 135 cm³/mol. The number of amides is 1. The van der Waals surface area contributed by atoms with Gasteiger partial charge >= 0.3 is 5.97 Å². The van der Waals surface area contributed by atoms with Crippen molar-refractivity contribution in [1.29, 1.82) is 0 Å². The van der Waals surface area contributed by atoms with E-state index in [0.29, 0.717) is 33.7 Å². The lowest BCUT2D eigenvalue weighted by molar-refractivity contribution is -0.121. The Morgan fingerprint density at radius 3 is 2.51 bits per heavy atom. The molecule has 1 heterocycles. The number of halogens is 1. The molecule has 0 bridgehead atoms. The van der Waals surface area contributed by atoms with Crippen LogP contribution in [0.15, 0.2) is 82.7 Å². The second-order valence-corrected chi connectivity index (χ2v) is 8.63. The minimum Gasteiger partial charge on any atom is -0.489 e. The quantitative estimate of drug-likeness (QED) is 0.309. The standard InChI is InChI=1S/C27H23FN2O4S/c1-3-33-26(32)20-9-11-22(12-10-20)29-27-30(2)25(31)24(35-27)16-18-7-13-23(14-8-18)34-17-19-5-4-6-21(28)15-19/h4-16H,3,17H2,1-2H3. The molecule has 0 spiro atoms. The number of ether oxygens (including phenoxy) is 2. The molecule has 1 aliphatic rings. The van der Waals surface area contributed by atoms with Gasteiger partial charge in [-0.05, 0) is 84.4 Å². The summed E-state index contributed by atoms with van der Waals surface area (Å²) in [5.41, 5.74) is 2.66. The van der Waals surface area contributed by atoms with Crippen LogP contribution >= 0.6 is 11.8 Å². The summed E-state index contributed by atoms with van der Waals surface area (Å²) in [5, 5.41) is 0.542. The molecule has 3 aromatic rings. The Bertz CT molecular complexity index is 1290. The van der Waals surface area contributed by atoms with Crippen LogP contribution in [0.3, 0.4) is 0 Å². The summed E-state index contributed by atoms with van der Waals surface area (Å²) in [5.74, 6) is -0.186. The highest BCUT2D eigenvalue weighted by atomic mass is 32.2. The van der Waals surface area contributed by atoms with E-state index >= 15 is 0 Å². The van der Waals surface area contributed by atoms with Gasteiger partial charge in [-0.1, -0.05) is 24.3 Å². The molecule has 0 radical (unpaired) electrons. The molecule has 1 amide bonds. The highest BCUT2D eigenvalue weighted by molar-refractivity contribution is 8.18. The van der Waals surface area contributed by atoms with Gasteiger partial charge in [-0.25, -0.2) is 14.2 Å². The third kappa shape index (κ3) is 6.16. The smallest absolute Gasteiger partial charge is 0.338 e. The molecule has 178 valence electrons. The van der Waals surface area contributed by atoms with Crippen LogP contribution in [-0.2, 0) is 16.1 Å². The Labute approximate surface area is 207 Å². The SMILES string of the molecule is CCOC(=O)c1ccc(N=C2SC(=Cc3ccc(OCc4cccc(F)c4)cc3)C(=O)N2C)cc1. The molecular weight excluding hydrogens is 467 g/mol. The van der Waals surface area contributed by atoms with Gasteiger partial charge in [-0.3, -0.25) is 9.69 Å². The van der Waals surface area contributed by atoms with Gasteiger partial charge in [0.15, 0.2) is 5.17 Å². The van der Waals surface area contributed by atoms with Crippen molar-refractivity contribution in [3.63, 3.8) is 0 Å². The van der Waals surface area contributed by atoms with Crippen molar-refractivity contribution in [2.24, 2.45) is 4.99 Å². The number of rotatable bonds is 7. The Hall–Kier alpha value is -3.91. The summed E-state index contributed by atoms with van der Waals surface area (Å²) in [6.45, 7) is 2.33. The number of hydrogen-bond donors (Lipinski definition) is 0. The number of hydrogen-bond acceptors (Lipinski definition) is 6. The Morgan fingerprint density at radius 1 is 1.09 bits per heavy atom. The van der Waals surface area contributed by atoms with Crippen LogP contribution in [0.5, 0.6) is 5.75 Å². The first kappa shape index (κ1) is 24.2. The molecule has 8 heteroatoms. The topological polar surface area (TPSA) is 68.2 Å². The highest BCUT2D eigenvalue weighted by Crippen LogP contribution is 2.33. The third-order valence-electron chi connectivity index (χ3n) is 5.08. The molecule has 1 saturated heterocycles. The number of benzene rings is 3. The molecule has 1 aliphatic heterocycles. The van der Waals surface area contributed by atoms with Crippen molar-refractivity contribution in [2.45, 2.75) is 13.5 Å². The van der Waals surface area contributed by atoms with Gasteiger partial charge in [0.1, 0.15) is 18.2 Å². The zero-order valence-electron chi connectivity index (χ0n) is 19.2. The summed E-state index contributed by atoms with van der Waals surface area (Å²) in [7, 11) is 1.67. The van der Waals surface area contributed by atoms with Crippen LogP contribution in [0.4, 0.5) is 10.1 Å². The highest BCUT2D eigenvalue weighted by Gasteiger charge is 2.30. The van der Waals surface area contributed by atoms with Gasteiger partial charge in [0.2, 0.25) is 0 Å².